The largest absolute Gasteiger partial charge is 0.337 e. The zero-order chi connectivity index (χ0) is 25.7. The summed E-state index contributed by atoms with van der Waals surface area (Å²) in [6, 6.07) is 12.2. The first kappa shape index (κ1) is 25.7. The summed E-state index contributed by atoms with van der Waals surface area (Å²) in [5.74, 6) is 0.324. The van der Waals surface area contributed by atoms with Crippen molar-refractivity contribution in [2.75, 3.05) is 13.1 Å². The Morgan fingerprint density at radius 1 is 1.00 bits per heavy atom. The highest BCUT2D eigenvalue weighted by molar-refractivity contribution is 7.90. The van der Waals surface area contributed by atoms with Gasteiger partial charge in [0.15, 0.2) is 0 Å². The molecule has 36 heavy (non-hydrogen) atoms. The van der Waals surface area contributed by atoms with Gasteiger partial charge in [0.05, 0.1) is 4.90 Å². The van der Waals surface area contributed by atoms with E-state index in [2.05, 4.69) is 22.3 Å². The average molecular weight is 513 g/mol. The molecule has 5 amide bonds. The molecule has 1 heterocycles. The molecule has 1 saturated carbocycles. The molecule has 0 radical (unpaired) electrons. The fourth-order valence-corrected chi connectivity index (χ4v) is 5.58. The number of hydrogen-bond acceptors (Lipinski definition) is 5. The summed E-state index contributed by atoms with van der Waals surface area (Å²) in [5.41, 5.74) is 2.30. The van der Waals surface area contributed by atoms with Crippen molar-refractivity contribution in [2.24, 2.45) is 5.92 Å². The molecule has 2 aliphatic rings. The maximum atomic E-state index is 12.6. The van der Waals surface area contributed by atoms with Crippen LogP contribution in [0.3, 0.4) is 0 Å². The van der Waals surface area contributed by atoms with Gasteiger partial charge in [0.25, 0.3) is 15.9 Å². The number of carbonyl (C=O) groups excluding carboxylic acids is 3. The minimum atomic E-state index is -3.99. The van der Waals surface area contributed by atoms with Crippen LogP contribution in [0.1, 0.15) is 54.1 Å². The van der Waals surface area contributed by atoms with Crippen LogP contribution in [0.4, 0.5) is 9.59 Å². The van der Waals surface area contributed by atoms with Crippen LogP contribution in [-0.2, 0) is 22.9 Å². The highest BCUT2D eigenvalue weighted by atomic mass is 32.2. The Labute approximate surface area is 211 Å². The molecule has 1 aliphatic heterocycles. The molecule has 9 nitrogen and oxygen atoms in total. The van der Waals surface area contributed by atoms with Crippen molar-refractivity contribution in [2.45, 2.75) is 56.4 Å². The predicted molar refractivity (Wildman–Crippen MR) is 135 cm³/mol. The number of nitrogens with one attached hydrogen (secondary N) is 3. The molecule has 0 atom stereocenters. The lowest BCUT2D eigenvalue weighted by Crippen LogP contribution is -2.47. The van der Waals surface area contributed by atoms with Crippen molar-refractivity contribution in [3.05, 3.63) is 65.2 Å². The Morgan fingerprint density at radius 3 is 2.42 bits per heavy atom. The minimum absolute atomic E-state index is 0.0102. The lowest BCUT2D eigenvalue weighted by Gasteiger charge is -2.27. The fourth-order valence-electron chi connectivity index (χ4n) is 4.66. The molecule has 10 heteroatoms. The number of benzene rings is 2. The smallest absolute Gasteiger partial charge is 0.328 e. The van der Waals surface area contributed by atoms with Crippen molar-refractivity contribution in [3.8, 4) is 0 Å². The van der Waals surface area contributed by atoms with Crippen LogP contribution in [0.15, 0.2) is 53.4 Å². The monoisotopic (exact) mass is 512 g/mol. The van der Waals surface area contributed by atoms with E-state index < -0.39 is 22.1 Å². The lowest BCUT2D eigenvalue weighted by molar-refractivity contribution is 0.0787. The van der Waals surface area contributed by atoms with Crippen LogP contribution in [0, 0.1) is 5.92 Å². The van der Waals surface area contributed by atoms with Crippen LogP contribution in [0.25, 0.3) is 0 Å². The third-order valence-electron chi connectivity index (χ3n) is 6.84. The van der Waals surface area contributed by atoms with Crippen molar-refractivity contribution in [3.63, 3.8) is 0 Å². The van der Waals surface area contributed by atoms with Crippen LogP contribution in [0.2, 0.25) is 0 Å². The van der Waals surface area contributed by atoms with Crippen molar-refractivity contribution < 1.29 is 22.8 Å². The van der Waals surface area contributed by atoms with Gasteiger partial charge in [-0.1, -0.05) is 37.3 Å². The number of hydrogen-bond donors (Lipinski definition) is 3. The number of nitrogens with zero attached hydrogens (tertiary/aromatic N) is 1. The summed E-state index contributed by atoms with van der Waals surface area (Å²) in [6.45, 7) is 2.79. The number of rotatable bonds is 6. The quantitative estimate of drug-likeness (QED) is 0.548. The van der Waals surface area contributed by atoms with Gasteiger partial charge in [-0.05, 0) is 73.8 Å². The van der Waals surface area contributed by atoms with Gasteiger partial charge < -0.3 is 10.6 Å². The molecular formula is C26H32N4O5S. The number of imide groups is 1. The topological polar surface area (TPSA) is 125 Å². The number of urea groups is 2. The molecule has 192 valence electrons. The summed E-state index contributed by atoms with van der Waals surface area (Å²) in [7, 11) is -3.99. The molecule has 1 fully saturated rings. The van der Waals surface area contributed by atoms with E-state index in [4.69, 9.17) is 0 Å². The van der Waals surface area contributed by atoms with Gasteiger partial charge in [0.1, 0.15) is 0 Å². The molecule has 0 aromatic heterocycles. The number of sulfonamides is 1. The van der Waals surface area contributed by atoms with Gasteiger partial charge in [-0.3, -0.25) is 9.69 Å². The van der Waals surface area contributed by atoms with Gasteiger partial charge >= 0.3 is 12.1 Å². The minimum Gasteiger partial charge on any atom is -0.337 e. The SMILES string of the molecule is CC1CCC(NC(=O)NS(=O)(=O)c2ccc(CCNC(=O)N3CCc4ccccc4C3=O)cc2)CC1. The molecule has 2 aromatic rings. The van der Waals surface area contributed by atoms with Crippen LogP contribution < -0.4 is 15.4 Å². The first-order chi connectivity index (χ1) is 17.2. The Hall–Kier alpha value is -3.40. The van der Waals surface area contributed by atoms with E-state index in [-0.39, 0.29) is 23.4 Å². The number of fused-ring (bicyclic) bond motifs is 1. The van der Waals surface area contributed by atoms with E-state index in [9.17, 15) is 22.8 Å². The molecular weight excluding hydrogens is 480 g/mol. The fraction of sp³-hybridized carbons (Fsp3) is 0.423. The van der Waals surface area contributed by atoms with Gasteiger partial charge in [0.2, 0.25) is 0 Å². The second kappa shape index (κ2) is 11.1. The highest BCUT2D eigenvalue weighted by Gasteiger charge is 2.28. The van der Waals surface area contributed by atoms with Gasteiger partial charge in [-0.15, -0.1) is 0 Å². The van der Waals surface area contributed by atoms with E-state index in [0.717, 1.165) is 36.8 Å². The second-order valence-corrected chi connectivity index (χ2v) is 11.2. The first-order valence-electron chi connectivity index (χ1n) is 12.3. The number of amides is 5. The molecule has 2 aromatic carbocycles. The second-order valence-electron chi connectivity index (χ2n) is 9.53. The lowest BCUT2D eigenvalue weighted by atomic mass is 9.87. The van der Waals surface area contributed by atoms with E-state index in [1.165, 1.54) is 17.0 Å². The zero-order valence-electron chi connectivity index (χ0n) is 20.3. The van der Waals surface area contributed by atoms with Crippen molar-refractivity contribution in [1.82, 2.24) is 20.3 Å². The van der Waals surface area contributed by atoms with E-state index in [1.54, 1.807) is 24.3 Å². The normalized spacial score (nSPS) is 19.8. The molecule has 0 saturated heterocycles. The van der Waals surface area contributed by atoms with Crippen molar-refractivity contribution >= 4 is 28.0 Å². The summed E-state index contributed by atoms with van der Waals surface area (Å²) in [5, 5.41) is 5.51. The average Bonchev–Trinajstić information content (AvgIpc) is 2.86. The summed E-state index contributed by atoms with van der Waals surface area (Å²) >= 11 is 0. The van der Waals surface area contributed by atoms with Gasteiger partial charge in [-0.25, -0.2) is 22.7 Å². The Kier molecular flexibility index (Phi) is 7.93. The van der Waals surface area contributed by atoms with Crippen molar-refractivity contribution in [1.29, 1.82) is 0 Å². The van der Waals surface area contributed by atoms with E-state index >= 15 is 0 Å². The third-order valence-corrected chi connectivity index (χ3v) is 8.19. The molecule has 1 aliphatic carbocycles. The zero-order valence-corrected chi connectivity index (χ0v) is 21.1. The summed E-state index contributed by atoms with van der Waals surface area (Å²) in [6.07, 6.45) is 4.80. The Bertz CT molecular complexity index is 1220. The van der Waals surface area contributed by atoms with Crippen LogP contribution >= 0.6 is 0 Å². The maximum Gasteiger partial charge on any atom is 0.328 e. The molecule has 0 unspecified atom stereocenters. The summed E-state index contributed by atoms with van der Waals surface area (Å²) in [4.78, 5) is 38.5. The van der Waals surface area contributed by atoms with E-state index in [0.29, 0.717) is 30.9 Å². The molecule has 4 rings (SSSR count). The van der Waals surface area contributed by atoms with Gasteiger partial charge in [0, 0.05) is 24.7 Å². The standard InChI is InChI=1S/C26H32N4O5S/c1-18-6-10-21(11-7-18)28-25(32)29-36(34,35)22-12-8-19(9-13-22)14-16-27-26(33)30-17-15-20-4-2-3-5-23(20)24(30)31/h2-5,8-9,12-13,18,21H,6-7,10-11,14-17H2,1H3,(H,27,33)(H2,28,29,32). The first-order valence-corrected chi connectivity index (χ1v) is 13.8. The molecule has 3 N–H and O–H groups in total. The number of carbonyl (C=O) groups is 3. The Balaban J connectivity index is 1.25. The third kappa shape index (κ3) is 6.23. The molecule has 0 spiro atoms. The molecule has 0 bridgehead atoms. The Morgan fingerprint density at radius 2 is 1.69 bits per heavy atom. The highest BCUT2D eigenvalue weighted by Crippen LogP contribution is 2.23. The van der Waals surface area contributed by atoms with E-state index in [1.807, 2.05) is 12.1 Å². The predicted octanol–water partition coefficient (Wildman–Crippen LogP) is 3.20. The van der Waals surface area contributed by atoms with Crippen LogP contribution in [0.5, 0.6) is 0 Å². The van der Waals surface area contributed by atoms with Gasteiger partial charge in [-0.2, -0.15) is 0 Å². The maximum absolute atomic E-state index is 12.6. The van der Waals surface area contributed by atoms with Crippen LogP contribution in [-0.4, -0.2) is 50.4 Å². The summed E-state index contributed by atoms with van der Waals surface area (Å²) < 4.78 is 27.2.